The van der Waals surface area contributed by atoms with Crippen molar-refractivity contribution < 1.29 is 19.8 Å². The van der Waals surface area contributed by atoms with Crippen molar-refractivity contribution in [1.29, 1.82) is 0 Å². The van der Waals surface area contributed by atoms with E-state index in [4.69, 9.17) is 0 Å². The summed E-state index contributed by atoms with van der Waals surface area (Å²) in [5.41, 5.74) is -2.66. The molecule has 4 nitrogen and oxygen atoms in total. The number of hydrogen-bond donors (Lipinski definition) is 2. The van der Waals surface area contributed by atoms with Gasteiger partial charge in [-0.1, -0.05) is 44.6 Å². The summed E-state index contributed by atoms with van der Waals surface area (Å²) in [5, 5.41) is 19.7. The van der Waals surface area contributed by atoms with E-state index in [1.807, 2.05) is 0 Å². The molecular formula is C16H18O4. The highest BCUT2D eigenvalue weighted by atomic mass is 16.4. The molecule has 2 fully saturated rings. The van der Waals surface area contributed by atoms with Gasteiger partial charge in [0, 0.05) is 5.41 Å². The van der Waals surface area contributed by atoms with Crippen LogP contribution in [-0.4, -0.2) is 22.2 Å². The third kappa shape index (κ3) is 0.993. The van der Waals surface area contributed by atoms with Crippen molar-refractivity contribution in [3.8, 4) is 0 Å². The van der Waals surface area contributed by atoms with E-state index in [0.29, 0.717) is 24.0 Å². The zero-order chi connectivity index (χ0) is 14.8. The molecule has 0 radical (unpaired) electrons. The highest BCUT2D eigenvalue weighted by molar-refractivity contribution is 5.97. The van der Waals surface area contributed by atoms with Crippen LogP contribution < -0.4 is 0 Å². The molecule has 0 aromatic rings. The van der Waals surface area contributed by atoms with E-state index < -0.39 is 28.2 Å². The minimum absolute atomic E-state index is 0.372. The molecule has 3 aliphatic rings. The van der Waals surface area contributed by atoms with Gasteiger partial charge in [-0.15, -0.1) is 0 Å². The average Bonchev–Trinajstić information content (AvgIpc) is 2.77. The Labute approximate surface area is 117 Å². The molecule has 0 saturated heterocycles. The normalized spacial score (nSPS) is 37.6. The van der Waals surface area contributed by atoms with Crippen molar-refractivity contribution in [2.24, 2.45) is 16.2 Å². The standard InChI is InChI=1S/C16H18O4/c1-10-11(2)16(13(19)20)9-8-15(10,12(17)18)14(16)6-4-3-5-7-14/h8-9H,1-7H2,(H,17,18)(H,19,20). The second-order valence-corrected chi connectivity index (χ2v) is 6.16. The maximum absolute atomic E-state index is 12.0. The Kier molecular flexibility index (Phi) is 2.38. The molecule has 2 saturated carbocycles. The monoisotopic (exact) mass is 274 g/mol. The number of carboxylic acid groups (broad SMARTS) is 2. The summed E-state index contributed by atoms with van der Waals surface area (Å²) in [5.74, 6) is -2.00. The highest BCUT2D eigenvalue weighted by Crippen LogP contribution is 2.76. The molecule has 0 aliphatic heterocycles. The van der Waals surface area contributed by atoms with Crippen LogP contribution in [0.15, 0.2) is 36.5 Å². The van der Waals surface area contributed by atoms with Gasteiger partial charge in [0.1, 0.15) is 10.8 Å². The zero-order valence-corrected chi connectivity index (χ0v) is 11.3. The zero-order valence-electron chi connectivity index (χ0n) is 11.3. The summed E-state index contributed by atoms with van der Waals surface area (Å²) in [6.07, 6.45) is 7.04. The van der Waals surface area contributed by atoms with Gasteiger partial charge >= 0.3 is 11.9 Å². The minimum Gasteiger partial charge on any atom is -0.480 e. The minimum atomic E-state index is -1.29. The molecule has 2 N–H and O–H groups in total. The van der Waals surface area contributed by atoms with E-state index in [-0.39, 0.29) is 0 Å². The lowest BCUT2D eigenvalue weighted by molar-refractivity contribution is -0.160. The lowest BCUT2D eigenvalue weighted by Gasteiger charge is -2.46. The first kappa shape index (κ1) is 13.2. The fourth-order valence-electron chi connectivity index (χ4n) is 4.89. The third-order valence-electron chi connectivity index (χ3n) is 5.79. The molecule has 106 valence electrons. The summed E-state index contributed by atoms with van der Waals surface area (Å²) in [7, 11) is 0. The van der Waals surface area contributed by atoms with Crippen molar-refractivity contribution in [1.82, 2.24) is 0 Å². The predicted octanol–water partition coefficient (Wildman–Crippen LogP) is 2.77. The van der Waals surface area contributed by atoms with E-state index >= 15 is 0 Å². The molecule has 1 spiro atoms. The SMILES string of the molecule is C=C1C(=C)C2(C(=O)O)C=CC1(C(=O)O)C21CCCCC1. The number of aliphatic carboxylic acids is 2. The fraction of sp³-hybridized carbons (Fsp3) is 0.500. The number of hydrogen-bond acceptors (Lipinski definition) is 2. The van der Waals surface area contributed by atoms with Crippen molar-refractivity contribution >= 4 is 11.9 Å². The first-order valence-electron chi connectivity index (χ1n) is 6.93. The largest absolute Gasteiger partial charge is 0.480 e. The topological polar surface area (TPSA) is 74.6 Å². The Hall–Kier alpha value is -1.84. The summed E-state index contributed by atoms with van der Waals surface area (Å²) < 4.78 is 0. The van der Waals surface area contributed by atoms with Crippen LogP contribution in [0.25, 0.3) is 0 Å². The van der Waals surface area contributed by atoms with Gasteiger partial charge in [0.2, 0.25) is 0 Å². The Bertz CT molecular complexity index is 535. The molecule has 0 aromatic carbocycles. The van der Waals surface area contributed by atoms with Crippen LogP contribution in [0.3, 0.4) is 0 Å². The molecule has 2 atom stereocenters. The van der Waals surface area contributed by atoms with Crippen molar-refractivity contribution in [3.63, 3.8) is 0 Å². The van der Waals surface area contributed by atoms with Crippen molar-refractivity contribution in [3.05, 3.63) is 36.5 Å². The molecular weight excluding hydrogens is 256 g/mol. The van der Waals surface area contributed by atoms with Gasteiger partial charge in [0.15, 0.2) is 0 Å². The van der Waals surface area contributed by atoms with Crippen LogP contribution in [0.2, 0.25) is 0 Å². The molecule has 0 amide bonds. The molecule has 20 heavy (non-hydrogen) atoms. The van der Waals surface area contributed by atoms with Crippen LogP contribution in [0.4, 0.5) is 0 Å². The van der Waals surface area contributed by atoms with E-state index in [0.717, 1.165) is 19.3 Å². The van der Waals surface area contributed by atoms with Gasteiger partial charge in [-0.2, -0.15) is 0 Å². The maximum atomic E-state index is 12.0. The lowest BCUT2D eigenvalue weighted by Crippen LogP contribution is -2.50. The average molecular weight is 274 g/mol. The Morgan fingerprint density at radius 2 is 1.30 bits per heavy atom. The van der Waals surface area contributed by atoms with Gasteiger partial charge in [-0.3, -0.25) is 9.59 Å². The smallest absolute Gasteiger partial charge is 0.318 e. The quantitative estimate of drug-likeness (QED) is 0.759. The van der Waals surface area contributed by atoms with E-state index in [1.165, 1.54) is 0 Å². The van der Waals surface area contributed by atoms with Crippen LogP contribution in [0.1, 0.15) is 32.1 Å². The number of rotatable bonds is 2. The van der Waals surface area contributed by atoms with E-state index in [9.17, 15) is 19.8 Å². The first-order valence-corrected chi connectivity index (χ1v) is 6.93. The lowest BCUT2D eigenvalue weighted by atomic mass is 9.53. The predicted molar refractivity (Wildman–Crippen MR) is 73.1 cm³/mol. The summed E-state index contributed by atoms with van der Waals surface area (Å²) >= 11 is 0. The van der Waals surface area contributed by atoms with Crippen molar-refractivity contribution in [2.75, 3.05) is 0 Å². The molecule has 0 heterocycles. The highest BCUT2D eigenvalue weighted by Gasteiger charge is 2.78. The third-order valence-corrected chi connectivity index (χ3v) is 5.79. The Morgan fingerprint density at radius 3 is 1.65 bits per heavy atom. The van der Waals surface area contributed by atoms with Crippen LogP contribution in [0, 0.1) is 16.2 Å². The molecule has 3 aliphatic carbocycles. The van der Waals surface area contributed by atoms with Crippen LogP contribution >= 0.6 is 0 Å². The molecule has 2 unspecified atom stereocenters. The second-order valence-electron chi connectivity index (χ2n) is 6.16. The van der Waals surface area contributed by atoms with E-state index in [1.54, 1.807) is 12.2 Å². The van der Waals surface area contributed by atoms with Gasteiger partial charge in [-0.05, 0) is 24.0 Å². The molecule has 2 bridgehead atoms. The maximum Gasteiger partial charge on any atom is 0.318 e. The first-order chi connectivity index (χ1) is 9.37. The summed E-state index contributed by atoms with van der Waals surface area (Å²) in [6, 6.07) is 0. The Morgan fingerprint density at radius 1 is 0.900 bits per heavy atom. The number of carbonyl (C=O) groups is 2. The fourth-order valence-corrected chi connectivity index (χ4v) is 4.89. The van der Waals surface area contributed by atoms with Crippen LogP contribution in [-0.2, 0) is 9.59 Å². The van der Waals surface area contributed by atoms with E-state index in [2.05, 4.69) is 13.2 Å². The second kappa shape index (κ2) is 3.62. The number of carboxylic acids is 2. The van der Waals surface area contributed by atoms with Gasteiger partial charge in [-0.25, -0.2) is 0 Å². The van der Waals surface area contributed by atoms with Crippen LogP contribution in [0.5, 0.6) is 0 Å². The molecule has 4 heteroatoms. The summed E-state index contributed by atoms with van der Waals surface area (Å²) in [4.78, 5) is 24.1. The molecule has 3 rings (SSSR count). The van der Waals surface area contributed by atoms with Gasteiger partial charge in [0.05, 0.1) is 0 Å². The molecule has 0 aromatic heterocycles. The Balaban J connectivity index is 2.34. The van der Waals surface area contributed by atoms with Gasteiger partial charge in [0.25, 0.3) is 0 Å². The van der Waals surface area contributed by atoms with Gasteiger partial charge < -0.3 is 10.2 Å². The van der Waals surface area contributed by atoms with Crippen molar-refractivity contribution in [2.45, 2.75) is 32.1 Å². The summed E-state index contributed by atoms with van der Waals surface area (Å²) in [6.45, 7) is 7.79.